The fourth-order valence-corrected chi connectivity index (χ4v) is 3.57. The zero-order valence-corrected chi connectivity index (χ0v) is 15.2. The van der Waals surface area contributed by atoms with E-state index in [4.69, 9.17) is 0 Å². The smallest absolute Gasteiger partial charge is 0.269 e. The van der Waals surface area contributed by atoms with Crippen molar-refractivity contribution in [1.29, 1.82) is 0 Å². The van der Waals surface area contributed by atoms with Gasteiger partial charge in [-0.25, -0.2) is 0 Å². The highest BCUT2D eigenvalue weighted by Crippen LogP contribution is 2.26. The summed E-state index contributed by atoms with van der Waals surface area (Å²) in [6.07, 6.45) is 2.79. The fourth-order valence-electron chi connectivity index (χ4n) is 2.75. The molecule has 0 radical (unpaired) electrons. The van der Waals surface area contributed by atoms with Gasteiger partial charge < -0.3 is 0 Å². The van der Waals surface area contributed by atoms with Crippen LogP contribution in [0.4, 0.5) is 5.69 Å². The lowest BCUT2D eigenvalue weighted by Crippen LogP contribution is -2.33. The molecule has 10 heteroatoms. The van der Waals surface area contributed by atoms with Crippen molar-refractivity contribution in [2.24, 2.45) is 0 Å². The average molecular weight is 387 g/mol. The van der Waals surface area contributed by atoms with Gasteiger partial charge in [0.2, 0.25) is 11.8 Å². The van der Waals surface area contributed by atoms with Crippen molar-refractivity contribution in [3.8, 4) is 11.4 Å². The number of likely N-dealkylation sites (tertiary alicyclic amines) is 1. The Morgan fingerprint density at radius 3 is 2.67 bits per heavy atom. The van der Waals surface area contributed by atoms with Crippen molar-refractivity contribution in [2.75, 3.05) is 12.3 Å². The van der Waals surface area contributed by atoms with Crippen LogP contribution in [0.2, 0.25) is 0 Å². The molecule has 1 aliphatic rings. The van der Waals surface area contributed by atoms with E-state index < -0.39 is 4.92 Å². The van der Waals surface area contributed by atoms with E-state index in [1.54, 1.807) is 22.8 Å². The van der Waals surface area contributed by atoms with Crippen molar-refractivity contribution >= 4 is 29.3 Å². The van der Waals surface area contributed by atoms with Crippen LogP contribution in [-0.2, 0) is 16.1 Å². The summed E-state index contributed by atoms with van der Waals surface area (Å²) in [4.78, 5) is 35.5. The molecule has 1 fully saturated rings. The molecule has 1 aromatic carbocycles. The number of imide groups is 1. The van der Waals surface area contributed by atoms with Crippen LogP contribution in [0, 0.1) is 10.1 Å². The average Bonchev–Trinajstić information content (AvgIpc) is 3.26. The first kappa shape index (κ1) is 18.8. The van der Waals surface area contributed by atoms with Crippen LogP contribution >= 0.6 is 11.8 Å². The number of benzene rings is 1. The number of amides is 2. The minimum atomic E-state index is -0.467. The van der Waals surface area contributed by atoms with Crippen LogP contribution in [0.25, 0.3) is 11.4 Å². The molecule has 3 rings (SSSR count). The Labute approximate surface area is 159 Å². The fraction of sp³-hybridized carbons (Fsp3) is 0.294. The Hall–Kier alpha value is -3.01. The number of hydrogen-bond acceptors (Lipinski definition) is 7. The van der Waals surface area contributed by atoms with Gasteiger partial charge in [-0.05, 0) is 18.6 Å². The number of aromatic nitrogens is 3. The molecule has 0 unspecified atom stereocenters. The SMILES string of the molecule is C=CCn1c(SCC(=O)N2CCCC2=O)nnc1-c1ccc([N+](=O)[O-])cc1. The van der Waals surface area contributed by atoms with E-state index >= 15 is 0 Å². The molecular weight excluding hydrogens is 370 g/mol. The normalized spacial score (nSPS) is 13.8. The molecule has 0 atom stereocenters. The number of nitro groups is 1. The second kappa shape index (κ2) is 8.12. The Morgan fingerprint density at radius 2 is 2.07 bits per heavy atom. The maximum atomic E-state index is 12.2. The summed E-state index contributed by atoms with van der Waals surface area (Å²) in [6, 6.07) is 6.00. The topological polar surface area (TPSA) is 111 Å². The molecule has 1 aliphatic heterocycles. The summed E-state index contributed by atoms with van der Waals surface area (Å²) in [7, 11) is 0. The first-order valence-corrected chi connectivity index (χ1v) is 9.24. The maximum Gasteiger partial charge on any atom is 0.269 e. The zero-order chi connectivity index (χ0) is 19.4. The Bertz CT molecular complexity index is 893. The second-order valence-corrected chi connectivity index (χ2v) is 6.78. The lowest BCUT2D eigenvalue weighted by Gasteiger charge is -2.13. The molecule has 0 N–H and O–H groups in total. The van der Waals surface area contributed by atoms with Crippen LogP contribution in [-0.4, -0.2) is 48.7 Å². The highest BCUT2D eigenvalue weighted by Gasteiger charge is 2.26. The van der Waals surface area contributed by atoms with Crippen molar-refractivity contribution in [2.45, 2.75) is 24.5 Å². The van der Waals surface area contributed by atoms with E-state index in [2.05, 4.69) is 16.8 Å². The monoisotopic (exact) mass is 387 g/mol. The highest BCUT2D eigenvalue weighted by atomic mass is 32.2. The van der Waals surface area contributed by atoms with Crippen LogP contribution in [0.3, 0.4) is 0 Å². The van der Waals surface area contributed by atoms with Crippen molar-refractivity contribution in [3.63, 3.8) is 0 Å². The molecule has 2 amide bonds. The lowest BCUT2D eigenvalue weighted by molar-refractivity contribution is -0.384. The van der Waals surface area contributed by atoms with Gasteiger partial charge in [0.1, 0.15) is 0 Å². The summed E-state index contributed by atoms with van der Waals surface area (Å²) in [5.74, 6) is 0.227. The van der Waals surface area contributed by atoms with E-state index in [0.29, 0.717) is 42.5 Å². The first-order valence-electron chi connectivity index (χ1n) is 8.26. The number of thioether (sulfide) groups is 1. The third-order valence-electron chi connectivity index (χ3n) is 4.06. The summed E-state index contributed by atoms with van der Waals surface area (Å²) < 4.78 is 1.78. The van der Waals surface area contributed by atoms with Gasteiger partial charge in [0.25, 0.3) is 5.69 Å². The summed E-state index contributed by atoms with van der Waals surface area (Å²) >= 11 is 1.20. The van der Waals surface area contributed by atoms with Gasteiger partial charge in [-0.2, -0.15) is 0 Å². The molecule has 27 heavy (non-hydrogen) atoms. The molecule has 1 saturated heterocycles. The van der Waals surface area contributed by atoms with E-state index in [-0.39, 0.29) is 23.3 Å². The molecule has 2 heterocycles. The van der Waals surface area contributed by atoms with Gasteiger partial charge >= 0.3 is 0 Å². The van der Waals surface area contributed by atoms with E-state index in [9.17, 15) is 19.7 Å². The number of allylic oxidation sites excluding steroid dienone is 1. The maximum absolute atomic E-state index is 12.2. The van der Waals surface area contributed by atoms with Gasteiger partial charge in [0, 0.05) is 37.2 Å². The van der Waals surface area contributed by atoms with Gasteiger partial charge in [0.15, 0.2) is 11.0 Å². The number of carbonyl (C=O) groups is 2. The van der Waals surface area contributed by atoms with Crippen molar-refractivity contribution in [3.05, 3.63) is 47.0 Å². The quantitative estimate of drug-likeness (QED) is 0.310. The molecule has 0 aliphatic carbocycles. The van der Waals surface area contributed by atoms with Crippen molar-refractivity contribution in [1.82, 2.24) is 19.7 Å². The predicted molar refractivity (Wildman–Crippen MR) is 99.0 cm³/mol. The number of rotatable bonds is 7. The van der Waals surface area contributed by atoms with Gasteiger partial charge in [-0.15, -0.1) is 16.8 Å². The largest absolute Gasteiger partial charge is 0.298 e. The Kier molecular flexibility index (Phi) is 5.65. The van der Waals surface area contributed by atoms with Crippen LogP contribution < -0.4 is 0 Å². The van der Waals surface area contributed by atoms with Gasteiger partial charge in [-0.1, -0.05) is 17.8 Å². The number of nitro benzene ring substituents is 1. The number of hydrogen-bond donors (Lipinski definition) is 0. The summed E-state index contributed by atoms with van der Waals surface area (Å²) in [5, 5.41) is 19.6. The minimum absolute atomic E-state index is 0.0102. The molecule has 2 aromatic rings. The predicted octanol–water partition coefficient (Wildman–Crippen LogP) is 2.28. The molecule has 1 aromatic heterocycles. The van der Waals surface area contributed by atoms with Crippen molar-refractivity contribution < 1.29 is 14.5 Å². The van der Waals surface area contributed by atoms with Gasteiger partial charge in [0.05, 0.1) is 10.7 Å². The number of nitrogens with zero attached hydrogens (tertiary/aromatic N) is 5. The van der Waals surface area contributed by atoms with Crippen LogP contribution in [0.1, 0.15) is 12.8 Å². The molecule has 0 saturated carbocycles. The van der Waals surface area contributed by atoms with Crippen LogP contribution in [0.5, 0.6) is 0 Å². The molecule has 0 bridgehead atoms. The summed E-state index contributed by atoms with van der Waals surface area (Å²) in [6.45, 7) is 4.60. The first-order chi connectivity index (χ1) is 13.0. The second-order valence-electron chi connectivity index (χ2n) is 5.84. The molecular formula is C17H17N5O4S. The van der Waals surface area contributed by atoms with E-state index in [1.807, 2.05) is 0 Å². The third-order valence-corrected chi connectivity index (χ3v) is 5.02. The molecule has 0 spiro atoms. The van der Waals surface area contributed by atoms with E-state index in [1.165, 1.54) is 28.8 Å². The minimum Gasteiger partial charge on any atom is -0.298 e. The summed E-state index contributed by atoms with van der Waals surface area (Å²) in [5.41, 5.74) is 0.659. The highest BCUT2D eigenvalue weighted by molar-refractivity contribution is 7.99. The molecule has 9 nitrogen and oxygen atoms in total. The Morgan fingerprint density at radius 1 is 1.33 bits per heavy atom. The third kappa shape index (κ3) is 4.05. The zero-order valence-electron chi connectivity index (χ0n) is 14.4. The van der Waals surface area contributed by atoms with Crippen LogP contribution in [0.15, 0.2) is 42.1 Å². The molecule has 140 valence electrons. The Balaban J connectivity index is 1.78. The number of carbonyl (C=O) groups excluding carboxylic acids is 2. The van der Waals surface area contributed by atoms with E-state index in [0.717, 1.165) is 0 Å². The van der Waals surface area contributed by atoms with Gasteiger partial charge in [-0.3, -0.25) is 29.2 Å². The number of non-ortho nitro benzene ring substituents is 1. The standard InChI is InChI=1S/C17H17N5O4S/c1-2-9-21-16(12-5-7-13(8-6-12)22(25)26)18-19-17(21)27-11-15(24)20-10-3-4-14(20)23/h2,5-8H,1,3-4,9-11H2. The lowest BCUT2D eigenvalue weighted by atomic mass is 10.2.